The van der Waals surface area contributed by atoms with Gasteiger partial charge in [-0.2, -0.15) is 0 Å². The third-order valence-electron chi connectivity index (χ3n) is 2.11. The zero-order valence-corrected chi connectivity index (χ0v) is 11.5. The van der Waals surface area contributed by atoms with E-state index in [1.54, 1.807) is 0 Å². The van der Waals surface area contributed by atoms with Crippen molar-refractivity contribution < 1.29 is 19.4 Å². The maximum atomic E-state index is 11.7. The first-order valence-corrected chi connectivity index (χ1v) is 5.92. The number of carbonyl (C=O) groups excluding carboxylic acids is 1. The number of carboxylic acids is 1. The average Bonchev–Trinajstić information content (AvgIpc) is 2.33. The molecule has 0 saturated carbocycles. The van der Waals surface area contributed by atoms with E-state index in [0.717, 1.165) is 6.08 Å². The average molecular weight is 304 g/mol. The van der Waals surface area contributed by atoms with Crippen molar-refractivity contribution in [1.29, 1.82) is 0 Å². The second-order valence-electron chi connectivity index (χ2n) is 3.42. The molecular weight excluding hydrogens is 293 g/mol. The first-order valence-electron chi connectivity index (χ1n) is 5.16. The van der Waals surface area contributed by atoms with Gasteiger partial charge in [-0.15, -0.1) is 0 Å². The van der Waals surface area contributed by atoms with Gasteiger partial charge in [0.15, 0.2) is 5.75 Å². The fourth-order valence-electron chi connectivity index (χ4n) is 1.30. The smallest absolute Gasteiger partial charge is 0.328 e. The molecule has 0 bridgehead atoms. The van der Waals surface area contributed by atoms with Crippen molar-refractivity contribution in [3.63, 3.8) is 0 Å². The number of methoxy groups -OCH3 is 1. The van der Waals surface area contributed by atoms with E-state index in [1.165, 1.54) is 25.3 Å². The quantitative estimate of drug-likeness (QED) is 0.819. The first kappa shape index (κ1) is 15.3. The molecule has 7 heteroatoms. The van der Waals surface area contributed by atoms with Crippen molar-refractivity contribution in [1.82, 2.24) is 5.32 Å². The van der Waals surface area contributed by atoms with Crippen LogP contribution in [0.4, 0.5) is 0 Å². The lowest BCUT2D eigenvalue weighted by Gasteiger charge is -2.08. The van der Waals surface area contributed by atoms with Gasteiger partial charge in [0.2, 0.25) is 0 Å². The van der Waals surface area contributed by atoms with E-state index in [1.807, 2.05) is 0 Å². The number of nitrogens with one attached hydrogen (secondary N) is 1. The van der Waals surface area contributed by atoms with Crippen LogP contribution < -0.4 is 10.1 Å². The predicted octanol–water partition coefficient (Wildman–Crippen LogP) is 2.37. The minimum atomic E-state index is -1.08. The molecule has 2 N–H and O–H groups in total. The summed E-state index contributed by atoms with van der Waals surface area (Å²) in [7, 11) is 1.42. The second kappa shape index (κ2) is 7.01. The molecule has 1 rings (SSSR count). The molecule has 0 aliphatic carbocycles. The monoisotopic (exact) mass is 303 g/mol. The number of carbonyl (C=O) groups is 2. The Morgan fingerprint density at radius 2 is 1.95 bits per heavy atom. The van der Waals surface area contributed by atoms with Crippen molar-refractivity contribution in [3.05, 3.63) is 39.9 Å². The van der Waals surface area contributed by atoms with Gasteiger partial charge in [-0.3, -0.25) is 4.79 Å². The van der Waals surface area contributed by atoms with Crippen LogP contribution in [0, 0.1) is 0 Å². The Balaban J connectivity index is 2.75. The standard InChI is InChI=1S/C12H11Cl2NO4/c1-19-11-8(13)5-7(6-9(11)14)12(18)15-4-2-3-10(16)17/h2-3,5-6H,4H2,1H3,(H,15,18)(H,16,17)/b3-2+. The van der Waals surface area contributed by atoms with E-state index >= 15 is 0 Å². The molecule has 5 nitrogen and oxygen atoms in total. The predicted molar refractivity (Wildman–Crippen MR) is 72.1 cm³/mol. The molecule has 19 heavy (non-hydrogen) atoms. The van der Waals surface area contributed by atoms with Crippen LogP contribution in [-0.4, -0.2) is 30.6 Å². The molecule has 0 atom stereocenters. The highest BCUT2D eigenvalue weighted by Gasteiger charge is 2.12. The first-order chi connectivity index (χ1) is 8.95. The molecule has 0 unspecified atom stereocenters. The molecule has 1 aromatic rings. The summed E-state index contributed by atoms with van der Waals surface area (Å²) in [5.41, 5.74) is 0.263. The van der Waals surface area contributed by atoms with Crippen LogP contribution in [0.25, 0.3) is 0 Å². The van der Waals surface area contributed by atoms with E-state index < -0.39 is 11.9 Å². The number of hydrogen-bond acceptors (Lipinski definition) is 3. The summed E-state index contributed by atoms with van der Waals surface area (Å²) >= 11 is 11.8. The Hall–Kier alpha value is -1.72. The highest BCUT2D eigenvalue weighted by atomic mass is 35.5. The van der Waals surface area contributed by atoms with Gasteiger partial charge >= 0.3 is 5.97 Å². The molecular formula is C12H11Cl2NO4. The normalized spacial score (nSPS) is 10.5. The zero-order valence-electron chi connectivity index (χ0n) is 9.94. The molecule has 0 spiro atoms. The summed E-state index contributed by atoms with van der Waals surface area (Å²) in [4.78, 5) is 22.0. The van der Waals surface area contributed by atoms with E-state index in [9.17, 15) is 9.59 Å². The largest absolute Gasteiger partial charge is 0.494 e. The van der Waals surface area contributed by atoms with E-state index in [-0.39, 0.29) is 22.2 Å². The Morgan fingerprint density at radius 1 is 1.37 bits per heavy atom. The number of ether oxygens (including phenoxy) is 1. The maximum Gasteiger partial charge on any atom is 0.328 e. The van der Waals surface area contributed by atoms with Gasteiger partial charge in [-0.1, -0.05) is 29.3 Å². The molecule has 0 aromatic heterocycles. The molecule has 102 valence electrons. The number of rotatable bonds is 5. The Labute approximate surface area is 119 Å². The molecule has 1 amide bonds. The van der Waals surface area contributed by atoms with E-state index in [0.29, 0.717) is 5.75 Å². The second-order valence-corrected chi connectivity index (χ2v) is 4.24. The van der Waals surface area contributed by atoms with Crippen LogP contribution in [0.3, 0.4) is 0 Å². The minimum absolute atomic E-state index is 0.0897. The Bertz CT molecular complexity index is 505. The van der Waals surface area contributed by atoms with Gasteiger partial charge in [0.1, 0.15) is 0 Å². The summed E-state index contributed by atoms with van der Waals surface area (Å²) in [6, 6.07) is 2.84. The summed E-state index contributed by atoms with van der Waals surface area (Å²) in [5.74, 6) is -1.20. The molecule has 0 heterocycles. The van der Waals surface area contributed by atoms with Crippen molar-refractivity contribution >= 4 is 35.1 Å². The summed E-state index contributed by atoms with van der Waals surface area (Å²) in [6.07, 6.45) is 2.25. The third kappa shape index (κ3) is 4.46. The number of aliphatic carboxylic acids is 1. The number of halogens is 2. The summed E-state index contributed by atoms with van der Waals surface area (Å²) in [5, 5.41) is 11.3. The molecule has 1 aromatic carbocycles. The van der Waals surface area contributed by atoms with Gasteiger partial charge in [0, 0.05) is 18.2 Å². The summed E-state index contributed by atoms with van der Waals surface area (Å²) in [6.45, 7) is 0.0897. The van der Waals surface area contributed by atoms with Crippen LogP contribution in [0.5, 0.6) is 5.75 Å². The SMILES string of the molecule is COc1c(Cl)cc(C(=O)NC/C=C/C(=O)O)cc1Cl. The van der Waals surface area contributed by atoms with E-state index in [2.05, 4.69) is 5.32 Å². The van der Waals surface area contributed by atoms with Gasteiger partial charge in [0.25, 0.3) is 5.91 Å². The number of amides is 1. The minimum Gasteiger partial charge on any atom is -0.494 e. The lowest BCUT2D eigenvalue weighted by molar-refractivity contribution is -0.131. The highest BCUT2D eigenvalue weighted by Crippen LogP contribution is 2.33. The summed E-state index contributed by atoms with van der Waals surface area (Å²) < 4.78 is 4.96. The lowest BCUT2D eigenvalue weighted by atomic mass is 10.2. The number of benzene rings is 1. The van der Waals surface area contributed by atoms with Gasteiger partial charge in [-0.05, 0) is 12.1 Å². The van der Waals surface area contributed by atoms with Gasteiger partial charge < -0.3 is 15.2 Å². The molecule has 0 fully saturated rings. The Kier molecular flexibility index (Phi) is 5.66. The van der Waals surface area contributed by atoms with Crippen LogP contribution in [0.1, 0.15) is 10.4 Å². The van der Waals surface area contributed by atoms with Crippen molar-refractivity contribution in [2.24, 2.45) is 0 Å². The highest BCUT2D eigenvalue weighted by molar-refractivity contribution is 6.37. The van der Waals surface area contributed by atoms with Crippen LogP contribution in [0.2, 0.25) is 10.0 Å². The van der Waals surface area contributed by atoms with Crippen molar-refractivity contribution in [2.75, 3.05) is 13.7 Å². The maximum absolute atomic E-state index is 11.7. The number of hydrogen-bond donors (Lipinski definition) is 2. The van der Waals surface area contributed by atoms with Gasteiger partial charge in [-0.25, -0.2) is 4.79 Å². The fourth-order valence-corrected chi connectivity index (χ4v) is 1.94. The third-order valence-corrected chi connectivity index (χ3v) is 2.67. The molecule has 0 aliphatic rings. The lowest BCUT2D eigenvalue weighted by Crippen LogP contribution is -2.23. The topological polar surface area (TPSA) is 75.6 Å². The van der Waals surface area contributed by atoms with Crippen molar-refractivity contribution in [3.8, 4) is 5.75 Å². The molecule has 0 radical (unpaired) electrons. The molecule has 0 saturated heterocycles. The molecule has 0 aliphatic heterocycles. The number of carboxylic acid groups (broad SMARTS) is 1. The fraction of sp³-hybridized carbons (Fsp3) is 0.167. The van der Waals surface area contributed by atoms with Crippen LogP contribution >= 0.6 is 23.2 Å². The Morgan fingerprint density at radius 3 is 2.42 bits per heavy atom. The van der Waals surface area contributed by atoms with Crippen LogP contribution in [0.15, 0.2) is 24.3 Å². The van der Waals surface area contributed by atoms with Crippen molar-refractivity contribution in [2.45, 2.75) is 0 Å². The van der Waals surface area contributed by atoms with Gasteiger partial charge in [0.05, 0.1) is 17.2 Å². The van der Waals surface area contributed by atoms with E-state index in [4.69, 9.17) is 33.0 Å². The zero-order chi connectivity index (χ0) is 14.4. The van der Waals surface area contributed by atoms with Crippen LogP contribution in [-0.2, 0) is 4.79 Å².